The summed E-state index contributed by atoms with van der Waals surface area (Å²) in [5.41, 5.74) is 2.11. The molecule has 1 saturated heterocycles. The molecule has 4 aromatic rings. The maximum absolute atomic E-state index is 14.7. The molecule has 0 spiro atoms. The smallest absolute Gasteiger partial charge is 0.398 e. The average Bonchev–Trinajstić information content (AvgIpc) is 3.36. The van der Waals surface area contributed by atoms with Crippen LogP contribution in [0.1, 0.15) is 72.6 Å². The molecule has 0 amide bonds. The number of hydrogen-bond donors (Lipinski definition) is 1. The van der Waals surface area contributed by atoms with E-state index < -0.39 is 30.0 Å². The summed E-state index contributed by atoms with van der Waals surface area (Å²) in [6.45, 7) is 4.87. The van der Waals surface area contributed by atoms with E-state index >= 15 is 0 Å². The van der Waals surface area contributed by atoms with Gasteiger partial charge in [0.05, 0.1) is 23.9 Å². The number of fused-ring (bicyclic) bond motifs is 1. The standard InChI is InChI=1S/C33H34F3N5O3/c1-20(2)44-27-14-13-26(37-38-27)40-17-15-21(16-18-40)30-28-24(19-25(42)32(43)29(28)33(34,35)36)41(39-30)31(22-9-5-3-6-10-22)23-11-7-4-8-12-23/h3-14,20-21,29,31-32,43H,15-19H2,1-2H3/t29-,32+/m1/s1. The van der Waals surface area contributed by atoms with Crippen LogP contribution in [0.25, 0.3) is 0 Å². The van der Waals surface area contributed by atoms with Crippen LogP contribution in [-0.2, 0) is 11.2 Å². The first-order chi connectivity index (χ1) is 21.1. The van der Waals surface area contributed by atoms with Gasteiger partial charge in [0.1, 0.15) is 18.1 Å². The molecule has 2 aromatic carbocycles. The Bertz CT molecular complexity index is 1550. The zero-order valence-electron chi connectivity index (χ0n) is 24.5. The van der Waals surface area contributed by atoms with Crippen molar-refractivity contribution in [3.63, 3.8) is 0 Å². The first-order valence-electron chi connectivity index (χ1n) is 14.9. The van der Waals surface area contributed by atoms with E-state index in [0.717, 1.165) is 11.1 Å². The summed E-state index contributed by atoms with van der Waals surface area (Å²) in [4.78, 5) is 15.0. The van der Waals surface area contributed by atoms with Crippen molar-refractivity contribution in [2.45, 2.75) is 69.4 Å². The number of ether oxygens (including phenoxy) is 1. The van der Waals surface area contributed by atoms with Crippen molar-refractivity contribution in [1.82, 2.24) is 20.0 Å². The predicted octanol–water partition coefficient (Wildman–Crippen LogP) is 5.61. The maximum Gasteiger partial charge on any atom is 0.398 e. The summed E-state index contributed by atoms with van der Waals surface area (Å²) in [7, 11) is 0. The highest BCUT2D eigenvalue weighted by Crippen LogP contribution is 2.48. The molecule has 230 valence electrons. The molecule has 1 fully saturated rings. The Balaban J connectivity index is 1.40. The van der Waals surface area contributed by atoms with Gasteiger partial charge in [0.2, 0.25) is 5.88 Å². The van der Waals surface area contributed by atoms with Crippen LogP contribution in [0.4, 0.5) is 19.0 Å². The normalized spacial score (nSPS) is 19.5. The van der Waals surface area contributed by atoms with Crippen LogP contribution >= 0.6 is 0 Å². The molecular formula is C33H34F3N5O3. The van der Waals surface area contributed by atoms with Crippen LogP contribution in [0.3, 0.4) is 0 Å². The summed E-state index contributed by atoms with van der Waals surface area (Å²) in [5.74, 6) is -2.42. The number of aliphatic hydroxyl groups excluding tert-OH is 1. The van der Waals surface area contributed by atoms with Crippen molar-refractivity contribution in [2.24, 2.45) is 0 Å². The van der Waals surface area contributed by atoms with Crippen molar-refractivity contribution < 1.29 is 27.8 Å². The fourth-order valence-corrected chi connectivity index (χ4v) is 6.40. The lowest BCUT2D eigenvalue weighted by Gasteiger charge is -2.34. The molecule has 44 heavy (non-hydrogen) atoms. The Hall–Kier alpha value is -4.25. The molecule has 2 atom stereocenters. The van der Waals surface area contributed by atoms with Gasteiger partial charge in [0, 0.05) is 30.6 Å². The van der Waals surface area contributed by atoms with Crippen LogP contribution in [0, 0.1) is 0 Å². The van der Waals surface area contributed by atoms with Gasteiger partial charge in [-0.15, -0.1) is 10.2 Å². The number of Topliss-reactive ketones (excluding diaryl/α,β-unsaturated/α-hetero) is 1. The maximum atomic E-state index is 14.7. The third-order valence-corrected chi connectivity index (χ3v) is 8.39. The van der Waals surface area contributed by atoms with Crippen LogP contribution in [0.5, 0.6) is 5.88 Å². The minimum Gasteiger partial charge on any atom is -0.474 e. The van der Waals surface area contributed by atoms with Crippen LogP contribution in [-0.4, -0.2) is 62.3 Å². The summed E-state index contributed by atoms with van der Waals surface area (Å²) < 4.78 is 51.2. The first-order valence-corrected chi connectivity index (χ1v) is 14.9. The zero-order chi connectivity index (χ0) is 31.0. The summed E-state index contributed by atoms with van der Waals surface area (Å²) in [6, 6.07) is 21.9. The van der Waals surface area contributed by atoms with Crippen molar-refractivity contribution in [3.8, 4) is 5.88 Å². The van der Waals surface area contributed by atoms with Gasteiger partial charge in [0.15, 0.2) is 11.6 Å². The second-order valence-electron chi connectivity index (χ2n) is 11.7. The SMILES string of the molecule is CC(C)Oc1ccc(N2CCC(c3nn(C(c4ccccc4)c4ccccc4)c4c3[C@@H](C(F)(F)F)[C@@H](O)C(=O)C4)CC2)nn1. The Morgan fingerprint density at radius 1 is 0.909 bits per heavy atom. The lowest BCUT2D eigenvalue weighted by Crippen LogP contribution is -2.43. The number of halogens is 3. The Morgan fingerprint density at radius 2 is 1.52 bits per heavy atom. The molecule has 2 aliphatic rings. The number of carbonyl (C=O) groups excluding carboxylic acids is 1. The van der Waals surface area contributed by atoms with E-state index in [1.807, 2.05) is 85.5 Å². The van der Waals surface area contributed by atoms with E-state index in [9.17, 15) is 23.1 Å². The largest absolute Gasteiger partial charge is 0.474 e. The highest BCUT2D eigenvalue weighted by atomic mass is 19.4. The highest BCUT2D eigenvalue weighted by molar-refractivity contribution is 5.88. The molecule has 0 bridgehead atoms. The monoisotopic (exact) mass is 605 g/mol. The molecule has 0 saturated carbocycles. The number of ketones is 1. The molecule has 1 aliphatic heterocycles. The fourth-order valence-electron chi connectivity index (χ4n) is 6.40. The number of piperidine rings is 1. The molecular weight excluding hydrogens is 571 g/mol. The van der Waals surface area contributed by atoms with E-state index in [4.69, 9.17) is 9.84 Å². The Morgan fingerprint density at radius 3 is 2.05 bits per heavy atom. The molecule has 0 radical (unpaired) electrons. The summed E-state index contributed by atoms with van der Waals surface area (Å²) in [5, 5.41) is 24.0. The number of aromatic nitrogens is 4. The average molecular weight is 606 g/mol. The van der Waals surface area contributed by atoms with E-state index in [2.05, 4.69) is 10.2 Å². The molecule has 1 N–H and O–H groups in total. The van der Waals surface area contributed by atoms with Gasteiger partial charge in [-0.3, -0.25) is 9.48 Å². The quantitative estimate of drug-likeness (QED) is 0.293. The van der Waals surface area contributed by atoms with Crippen molar-refractivity contribution in [3.05, 3.63) is 101 Å². The van der Waals surface area contributed by atoms with E-state index in [0.29, 0.717) is 43.3 Å². The predicted molar refractivity (Wildman–Crippen MR) is 158 cm³/mol. The number of anilines is 1. The number of hydrogen-bond acceptors (Lipinski definition) is 7. The number of rotatable bonds is 7. The van der Waals surface area contributed by atoms with Gasteiger partial charge >= 0.3 is 6.18 Å². The zero-order valence-corrected chi connectivity index (χ0v) is 24.5. The van der Waals surface area contributed by atoms with Gasteiger partial charge in [-0.25, -0.2) is 0 Å². The van der Waals surface area contributed by atoms with Crippen molar-refractivity contribution in [2.75, 3.05) is 18.0 Å². The summed E-state index contributed by atoms with van der Waals surface area (Å²) in [6.07, 6.45) is -6.33. The van der Waals surface area contributed by atoms with Crippen LogP contribution < -0.4 is 9.64 Å². The Labute approximate surface area is 253 Å². The summed E-state index contributed by atoms with van der Waals surface area (Å²) >= 11 is 0. The van der Waals surface area contributed by atoms with Crippen LogP contribution in [0.15, 0.2) is 72.8 Å². The molecule has 3 heterocycles. The minimum absolute atomic E-state index is 0.0330. The second kappa shape index (κ2) is 12.0. The fraction of sp³-hybridized carbons (Fsp3) is 0.394. The molecule has 2 aromatic heterocycles. The van der Waals surface area contributed by atoms with Crippen molar-refractivity contribution in [1.29, 1.82) is 0 Å². The number of carbonyl (C=O) groups is 1. The molecule has 0 unspecified atom stereocenters. The lowest BCUT2D eigenvalue weighted by atomic mass is 9.78. The number of aliphatic hydroxyl groups is 1. The van der Waals surface area contributed by atoms with Crippen LogP contribution in [0.2, 0.25) is 0 Å². The lowest BCUT2D eigenvalue weighted by molar-refractivity contribution is -0.179. The van der Waals surface area contributed by atoms with Crippen molar-refractivity contribution >= 4 is 11.6 Å². The molecule has 11 heteroatoms. The second-order valence-corrected chi connectivity index (χ2v) is 11.7. The number of alkyl halides is 3. The molecule has 8 nitrogen and oxygen atoms in total. The first kappa shape index (κ1) is 29.8. The number of benzene rings is 2. The third-order valence-electron chi connectivity index (χ3n) is 8.39. The van der Waals surface area contributed by atoms with Gasteiger partial charge in [-0.1, -0.05) is 60.7 Å². The van der Waals surface area contributed by atoms with E-state index in [1.54, 1.807) is 10.7 Å². The highest BCUT2D eigenvalue weighted by Gasteiger charge is 2.54. The van der Waals surface area contributed by atoms with Gasteiger partial charge in [0.25, 0.3) is 0 Å². The van der Waals surface area contributed by atoms with E-state index in [-0.39, 0.29) is 29.7 Å². The minimum atomic E-state index is -4.84. The Kier molecular flexibility index (Phi) is 8.15. The topological polar surface area (TPSA) is 93.4 Å². The van der Waals surface area contributed by atoms with E-state index in [1.165, 1.54) is 0 Å². The number of nitrogens with zero attached hydrogens (tertiary/aromatic N) is 5. The third kappa shape index (κ3) is 5.80. The molecule has 1 aliphatic carbocycles. The van der Waals surface area contributed by atoms with Gasteiger partial charge < -0.3 is 14.7 Å². The molecule has 6 rings (SSSR count). The van der Waals surface area contributed by atoms with Gasteiger partial charge in [-0.05, 0) is 43.9 Å². The van der Waals surface area contributed by atoms with Gasteiger partial charge in [-0.2, -0.15) is 18.3 Å².